The molecule has 0 radical (unpaired) electrons. The number of nitrogens with one attached hydrogen (secondary N) is 2. The van der Waals surface area contributed by atoms with Crippen molar-refractivity contribution in [3.05, 3.63) is 90.2 Å². The summed E-state index contributed by atoms with van der Waals surface area (Å²) in [6.07, 6.45) is 6.66. The fourth-order valence-corrected chi connectivity index (χ4v) is 3.98. The highest BCUT2D eigenvalue weighted by atomic mass is 16.5. The summed E-state index contributed by atoms with van der Waals surface area (Å²) in [7, 11) is 0. The molecular formula is C25H23N7O2. The first-order valence-electron chi connectivity index (χ1n) is 10.9. The molecule has 2 N–H and O–H groups in total. The van der Waals surface area contributed by atoms with Crippen LogP contribution < -0.4 is 15.4 Å². The van der Waals surface area contributed by atoms with Gasteiger partial charge >= 0.3 is 0 Å². The molecule has 1 atom stereocenters. The van der Waals surface area contributed by atoms with E-state index in [0.717, 1.165) is 11.1 Å². The number of amides is 1. The lowest BCUT2D eigenvalue weighted by Gasteiger charge is -2.29. The zero-order chi connectivity index (χ0) is 23.5. The molecule has 0 fully saturated rings. The topological polar surface area (TPSA) is 107 Å². The van der Waals surface area contributed by atoms with Gasteiger partial charge in [-0.3, -0.25) is 14.8 Å². The Morgan fingerprint density at radius 3 is 2.68 bits per heavy atom. The van der Waals surface area contributed by atoms with Crippen LogP contribution in [-0.2, 0) is 4.79 Å². The lowest BCUT2D eigenvalue weighted by atomic mass is 9.94. The molecule has 1 amide bonds. The van der Waals surface area contributed by atoms with Gasteiger partial charge in [-0.25, -0.2) is 4.68 Å². The Bertz CT molecular complexity index is 1350. The van der Waals surface area contributed by atoms with Crippen LogP contribution in [0.1, 0.15) is 25.5 Å². The summed E-state index contributed by atoms with van der Waals surface area (Å²) in [6, 6.07) is 14.4. The maximum atomic E-state index is 13.6. The molecule has 170 valence electrons. The predicted molar refractivity (Wildman–Crippen MR) is 128 cm³/mol. The van der Waals surface area contributed by atoms with E-state index in [4.69, 9.17) is 14.8 Å². The highest BCUT2D eigenvalue weighted by molar-refractivity contribution is 6.06. The molecule has 0 saturated carbocycles. The number of benzene rings is 1. The molecule has 3 aromatic heterocycles. The maximum absolute atomic E-state index is 13.6. The smallest absolute Gasteiger partial charge is 0.255 e. The van der Waals surface area contributed by atoms with Gasteiger partial charge in [0.25, 0.3) is 5.91 Å². The van der Waals surface area contributed by atoms with Crippen molar-refractivity contribution in [2.75, 3.05) is 17.2 Å². The number of carbonyl (C=O) groups excluding carboxylic acids is 1. The summed E-state index contributed by atoms with van der Waals surface area (Å²) < 4.78 is 7.66. The average molecular weight is 454 g/mol. The van der Waals surface area contributed by atoms with Crippen LogP contribution in [0.3, 0.4) is 0 Å². The molecule has 9 heteroatoms. The second kappa shape index (κ2) is 9.14. The van der Waals surface area contributed by atoms with Gasteiger partial charge in [-0.05, 0) is 44.2 Å². The van der Waals surface area contributed by atoms with Crippen molar-refractivity contribution in [3.63, 3.8) is 0 Å². The molecular weight excluding hydrogens is 430 g/mol. The average Bonchev–Trinajstić information content (AvgIpc) is 3.28. The highest BCUT2D eigenvalue weighted by Gasteiger charge is 2.36. The molecule has 1 aliphatic rings. The maximum Gasteiger partial charge on any atom is 0.255 e. The van der Waals surface area contributed by atoms with E-state index in [9.17, 15) is 4.79 Å². The van der Waals surface area contributed by atoms with Crippen LogP contribution in [0.4, 0.5) is 11.6 Å². The molecule has 1 aliphatic heterocycles. The second-order valence-electron chi connectivity index (χ2n) is 7.67. The highest BCUT2D eigenvalue weighted by Crippen LogP contribution is 2.40. The predicted octanol–water partition coefficient (Wildman–Crippen LogP) is 4.06. The van der Waals surface area contributed by atoms with E-state index in [1.54, 1.807) is 41.6 Å². The standard InChI is InChI=1S/C25H23N7O2/c1-3-34-20-9-5-4-8-19(20)22-21(24(33)29-18-7-6-12-27-15-18)16(2)28-25-30-23(31-32(22)25)17-10-13-26-14-11-17/h4-15,22H,3H2,1-2H3,(H,29,33)(H,28,30,31). The summed E-state index contributed by atoms with van der Waals surface area (Å²) in [5, 5.41) is 11.0. The van der Waals surface area contributed by atoms with E-state index in [-0.39, 0.29) is 5.91 Å². The minimum Gasteiger partial charge on any atom is -0.494 e. The van der Waals surface area contributed by atoms with Crippen molar-refractivity contribution in [2.45, 2.75) is 19.9 Å². The largest absolute Gasteiger partial charge is 0.494 e. The van der Waals surface area contributed by atoms with Gasteiger partial charge in [0.15, 0.2) is 5.82 Å². The Labute approximate surface area is 196 Å². The van der Waals surface area contributed by atoms with E-state index in [2.05, 4.69) is 20.6 Å². The van der Waals surface area contributed by atoms with Crippen molar-refractivity contribution in [3.8, 4) is 17.1 Å². The first kappa shape index (κ1) is 21.3. The minimum absolute atomic E-state index is 0.263. The Balaban J connectivity index is 1.64. The Morgan fingerprint density at radius 1 is 1.09 bits per heavy atom. The number of allylic oxidation sites excluding steroid dienone is 1. The van der Waals surface area contributed by atoms with Crippen molar-refractivity contribution in [2.24, 2.45) is 0 Å². The molecule has 0 saturated heterocycles. The number of hydrogen-bond donors (Lipinski definition) is 2. The molecule has 1 aromatic carbocycles. The molecule has 0 bridgehead atoms. The van der Waals surface area contributed by atoms with Gasteiger partial charge in [-0.15, -0.1) is 5.10 Å². The van der Waals surface area contributed by atoms with Crippen LogP contribution >= 0.6 is 0 Å². The van der Waals surface area contributed by atoms with E-state index in [1.807, 2.05) is 50.2 Å². The lowest BCUT2D eigenvalue weighted by Crippen LogP contribution is -2.31. The normalized spacial score (nSPS) is 14.8. The summed E-state index contributed by atoms with van der Waals surface area (Å²) >= 11 is 0. The number of carbonyl (C=O) groups is 1. The molecule has 5 rings (SSSR count). The minimum atomic E-state index is -0.557. The van der Waals surface area contributed by atoms with E-state index >= 15 is 0 Å². The monoisotopic (exact) mass is 453 g/mol. The van der Waals surface area contributed by atoms with Gasteiger partial charge in [-0.2, -0.15) is 4.98 Å². The van der Waals surface area contributed by atoms with Crippen molar-refractivity contribution < 1.29 is 9.53 Å². The van der Waals surface area contributed by atoms with Crippen molar-refractivity contribution >= 4 is 17.5 Å². The van der Waals surface area contributed by atoms with Gasteiger partial charge in [0, 0.05) is 35.4 Å². The summed E-state index contributed by atoms with van der Waals surface area (Å²) in [6.45, 7) is 4.28. The molecule has 0 spiro atoms. The fourth-order valence-electron chi connectivity index (χ4n) is 3.98. The number of para-hydroxylation sites is 1. The first-order valence-corrected chi connectivity index (χ1v) is 10.9. The summed E-state index contributed by atoms with van der Waals surface area (Å²) in [5.74, 6) is 1.49. The number of anilines is 2. The summed E-state index contributed by atoms with van der Waals surface area (Å²) in [4.78, 5) is 26.4. The fraction of sp³-hybridized carbons (Fsp3) is 0.160. The zero-order valence-corrected chi connectivity index (χ0v) is 18.8. The van der Waals surface area contributed by atoms with Gasteiger partial charge in [-0.1, -0.05) is 18.2 Å². The Morgan fingerprint density at radius 2 is 1.91 bits per heavy atom. The van der Waals surface area contributed by atoms with E-state index in [1.165, 1.54) is 0 Å². The van der Waals surface area contributed by atoms with Crippen LogP contribution in [0.15, 0.2) is 84.6 Å². The third kappa shape index (κ3) is 3.99. The Hall–Kier alpha value is -4.53. The third-order valence-electron chi connectivity index (χ3n) is 5.47. The number of aromatic nitrogens is 5. The number of ether oxygens (including phenoxy) is 1. The summed E-state index contributed by atoms with van der Waals surface area (Å²) in [5.41, 5.74) is 3.43. The molecule has 4 heterocycles. The number of fused-ring (bicyclic) bond motifs is 1. The van der Waals surface area contributed by atoms with Gasteiger partial charge in [0.2, 0.25) is 5.95 Å². The first-order chi connectivity index (χ1) is 16.7. The zero-order valence-electron chi connectivity index (χ0n) is 18.8. The number of pyridine rings is 2. The van der Waals surface area contributed by atoms with E-state index < -0.39 is 6.04 Å². The number of nitrogens with zero attached hydrogens (tertiary/aromatic N) is 5. The van der Waals surface area contributed by atoms with Crippen molar-refractivity contribution in [1.29, 1.82) is 0 Å². The second-order valence-corrected chi connectivity index (χ2v) is 7.67. The van der Waals surface area contributed by atoms with Crippen LogP contribution in [0, 0.1) is 0 Å². The molecule has 1 unspecified atom stereocenters. The molecule has 0 aliphatic carbocycles. The van der Waals surface area contributed by atoms with Gasteiger partial charge in [0.05, 0.1) is 24.1 Å². The number of hydrogen-bond acceptors (Lipinski definition) is 7. The van der Waals surface area contributed by atoms with Crippen LogP contribution in [0.2, 0.25) is 0 Å². The van der Waals surface area contributed by atoms with Crippen LogP contribution in [0.5, 0.6) is 5.75 Å². The van der Waals surface area contributed by atoms with E-state index in [0.29, 0.717) is 41.1 Å². The number of rotatable bonds is 6. The lowest BCUT2D eigenvalue weighted by molar-refractivity contribution is -0.113. The quantitative estimate of drug-likeness (QED) is 0.453. The SMILES string of the molecule is CCOc1ccccc1C1C(C(=O)Nc2cccnc2)=C(C)Nc2nc(-c3ccncc3)nn21. The van der Waals surface area contributed by atoms with Crippen LogP contribution in [-0.4, -0.2) is 37.2 Å². The third-order valence-corrected chi connectivity index (χ3v) is 5.47. The van der Waals surface area contributed by atoms with Gasteiger partial charge in [0.1, 0.15) is 11.8 Å². The molecule has 34 heavy (non-hydrogen) atoms. The van der Waals surface area contributed by atoms with Gasteiger partial charge < -0.3 is 15.4 Å². The van der Waals surface area contributed by atoms with Crippen molar-refractivity contribution in [1.82, 2.24) is 24.7 Å². The Kier molecular flexibility index (Phi) is 5.73. The molecule has 9 nitrogen and oxygen atoms in total. The molecule has 4 aromatic rings. The van der Waals surface area contributed by atoms with Crippen LogP contribution in [0.25, 0.3) is 11.4 Å².